The number of benzene rings is 1. The fraction of sp³-hybridized carbons (Fsp3) is 0.429. The molecular weight excluding hydrogens is 400 g/mol. The summed E-state index contributed by atoms with van der Waals surface area (Å²) in [6, 6.07) is 4.14. The Labute approximate surface area is 141 Å². The maximum absolute atomic E-state index is 5.82. The molecule has 5 nitrogen and oxygen atoms in total. The van der Waals surface area contributed by atoms with Gasteiger partial charge in [-0.2, -0.15) is 0 Å². The Kier molecular flexibility index (Phi) is 6.20. The minimum Gasteiger partial charge on any atom is -0.485 e. The van der Waals surface area contributed by atoms with E-state index in [1.807, 2.05) is 13.2 Å². The lowest BCUT2D eigenvalue weighted by Crippen LogP contribution is -2.13. The number of halogens is 2. The molecule has 1 N–H and O–H groups in total. The van der Waals surface area contributed by atoms with Crippen molar-refractivity contribution in [2.24, 2.45) is 7.05 Å². The maximum Gasteiger partial charge on any atom is 0.148 e. The lowest BCUT2D eigenvalue weighted by molar-refractivity contribution is 0.297. The molecule has 7 heteroatoms. The van der Waals surface area contributed by atoms with E-state index in [-0.39, 0.29) is 0 Å². The fourth-order valence-corrected chi connectivity index (χ4v) is 3.38. The molecule has 1 aromatic heterocycles. The second-order valence-electron chi connectivity index (χ2n) is 4.74. The molecule has 0 aliphatic heterocycles. The number of hydrogen-bond acceptors (Lipinski definition) is 4. The SMILES string of the molecule is CCCNCc1cc(Br)c(OCc2cn(C)nn2)c(Br)c1. The van der Waals surface area contributed by atoms with E-state index in [9.17, 15) is 0 Å². The zero-order valence-corrected chi connectivity index (χ0v) is 15.2. The van der Waals surface area contributed by atoms with Crippen molar-refractivity contribution in [3.8, 4) is 5.75 Å². The zero-order valence-electron chi connectivity index (χ0n) is 12.1. The van der Waals surface area contributed by atoms with E-state index >= 15 is 0 Å². The van der Waals surface area contributed by atoms with Crippen LogP contribution in [0, 0.1) is 0 Å². The van der Waals surface area contributed by atoms with Gasteiger partial charge < -0.3 is 10.1 Å². The van der Waals surface area contributed by atoms with E-state index in [1.165, 1.54) is 5.56 Å². The number of nitrogens with one attached hydrogen (secondary N) is 1. The lowest BCUT2D eigenvalue weighted by Gasteiger charge is -2.12. The quantitative estimate of drug-likeness (QED) is 0.701. The molecule has 0 saturated carbocycles. The van der Waals surface area contributed by atoms with E-state index < -0.39 is 0 Å². The van der Waals surface area contributed by atoms with Gasteiger partial charge in [0.2, 0.25) is 0 Å². The van der Waals surface area contributed by atoms with Crippen molar-refractivity contribution in [3.05, 3.63) is 38.5 Å². The van der Waals surface area contributed by atoms with E-state index in [1.54, 1.807) is 4.68 Å². The second-order valence-corrected chi connectivity index (χ2v) is 6.45. The summed E-state index contributed by atoms with van der Waals surface area (Å²) < 4.78 is 9.33. The first-order valence-electron chi connectivity index (χ1n) is 6.76. The van der Waals surface area contributed by atoms with Gasteiger partial charge in [0.1, 0.15) is 18.1 Å². The summed E-state index contributed by atoms with van der Waals surface area (Å²) in [6.45, 7) is 4.40. The molecule has 1 heterocycles. The Morgan fingerprint density at radius 3 is 2.57 bits per heavy atom. The number of ether oxygens (including phenoxy) is 1. The normalized spacial score (nSPS) is 10.9. The van der Waals surface area contributed by atoms with Crippen LogP contribution in [-0.4, -0.2) is 21.5 Å². The van der Waals surface area contributed by atoms with Crippen LogP contribution >= 0.6 is 31.9 Å². The number of rotatable bonds is 7. The van der Waals surface area contributed by atoms with Crippen molar-refractivity contribution in [1.82, 2.24) is 20.3 Å². The third-order valence-electron chi connectivity index (χ3n) is 2.83. The molecule has 2 rings (SSSR count). The first kappa shape index (κ1) is 16.5. The van der Waals surface area contributed by atoms with Gasteiger partial charge in [-0.25, -0.2) is 0 Å². The largest absolute Gasteiger partial charge is 0.485 e. The summed E-state index contributed by atoms with van der Waals surface area (Å²) in [7, 11) is 1.83. The summed E-state index contributed by atoms with van der Waals surface area (Å²) in [5.41, 5.74) is 2.00. The highest BCUT2D eigenvalue weighted by atomic mass is 79.9. The van der Waals surface area contributed by atoms with Crippen molar-refractivity contribution in [2.75, 3.05) is 6.54 Å². The van der Waals surface area contributed by atoms with Gasteiger partial charge in [-0.3, -0.25) is 4.68 Å². The predicted octanol–water partition coefficient (Wildman–Crippen LogP) is 3.42. The molecule has 2 aromatic rings. The molecular formula is C14H18Br2N4O. The monoisotopic (exact) mass is 416 g/mol. The number of nitrogens with zero attached hydrogens (tertiary/aromatic N) is 3. The molecule has 21 heavy (non-hydrogen) atoms. The van der Waals surface area contributed by atoms with Gasteiger partial charge >= 0.3 is 0 Å². The van der Waals surface area contributed by atoms with Gasteiger partial charge in [-0.1, -0.05) is 12.1 Å². The van der Waals surface area contributed by atoms with Gasteiger partial charge in [0, 0.05) is 13.6 Å². The van der Waals surface area contributed by atoms with E-state index in [0.717, 1.165) is 39.9 Å². The Hall–Kier alpha value is -0.920. The van der Waals surface area contributed by atoms with Gasteiger partial charge in [0.25, 0.3) is 0 Å². The highest BCUT2D eigenvalue weighted by Crippen LogP contribution is 2.35. The topological polar surface area (TPSA) is 52.0 Å². The van der Waals surface area contributed by atoms with Crippen LogP contribution in [0.5, 0.6) is 5.75 Å². The molecule has 0 atom stereocenters. The number of aryl methyl sites for hydroxylation is 1. The van der Waals surface area contributed by atoms with E-state index in [2.05, 4.69) is 66.5 Å². The van der Waals surface area contributed by atoms with Crippen molar-refractivity contribution < 1.29 is 4.74 Å². The second kappa shape index (κ2) is 7.91. The van der Waals surface area contributed by atoms with Gasteiger partial charge in [0.15, 0.2) is 0 Å². The average Bonchev–Trinajstić information content (AvgIpc) is 2.84. The Morgan fingerprint density at radius 1 is 1.29 bits per heavy atom. The molecule has 0 bridgehead atoms. The summed E-state index contributed by atoms with van der Waals surface area (Å²) in [5, 5.41) is 11.3. The van der Waals surface area contributed by atoms with Crippen LogP contribution in [0.3, 0.4) is 0 Å². The third-order valence-corrected chi connectivity index (χ3v) is 4.01. The summed E-state index contributed by atoms with van der Waals surface area (Å²) in [4.78, 5) is 0. The Balaban J connectivity index is 2.02. The molecule has 0 unspecified atom stereocenters. The van der Waals surface area contributed by atoms with Crippen LogP contribution < -0.4 is 10.1 Å². The molecule has 0 spiro atoms. The molecule has 0 amide bonds. The first-order valence-corrected chi connectivity index (χ1v) is 8.35. The molecule has 114 valence electrons. The van der Waals surface area contributed by atoms with Gasteiger partial charge in [-0.05, 0) is 62.5 Å². The third kappa shape index (κ3) is 4.79. The van der Waals surface area contributed by atoms with Gasteiger partial charge in [0.05, 0.1) is 15.1 Å². The molecule has 0 aliphatic carbocycles. The average molecular weight is 418 g/mol. The smallest absolute Gasteiger partial charge is 0.148 e. The van der Waals surface area contributed by atoms with Crippen LogP contribution in [-0.2, 0) is 20.2 Å². The van der Waals surface area contributed by atoms with E-state index in [4.69, 9.17) is 4.74 Å². The summed E-state index contributed by atoms with van der Waals surface area (Å²) >= 11 is 7.12. The zero-order chi connectivity index (χ0) is 15.2. The van der Waals surface area contributed by atoms with E-state index in [0.29, 0.717) is 6.61 Å². The molecule has 0 fully saturated rings. The number of aromatic nitrogens is 3. The number of hydrogen-bond donors (Lipinski definition) is 1. The Morgan fingerprint density at radius 2 is 2.00 bits per heavy atom. The van der Waals surface area contributed by atoms with Crippen molar-refractivity contribution in [3.63, 3.8) is 0 Å². The summed E-state index contributed by atoms with van der Waals surface area (Å²) in [6.07, 6.45) is 2.96. The lowest BCUT2D eigenvalue weighted by atomic mass is 10.2. The van der Waals surface area contributed by atoms with Gasteiger partial charge in [-0.15, -0.1) is 5.10 Å². The molecule has 1 aromatic carbocycles. The maximum atomic E-state index is 5.82. The van der Waals surface area contributed by atoms with Crippen LogP contribution in [0.1, 0.15) is 24.6 Å². The first-order chi connectivity index (χ1) is 10.1. The summed E-state index contributed by atoms with van der Waals surface area (Å²) in [5.74, 6) is 0.778. The van der Waals surface area contributed by atoms with Crippen LogP contribution in [0.25, 0.3) is 0 Å². The standard InChI is InChI=1S/C14H18Br2N4O/c1-3-4-17-7-10-5-12(15)14(13(16)6-10)21-9-11-8-20(2)19-18-11/h5-6,8,17H,3-4,7,9H2,1-2H3. The van der Waals surface area contributed by atoms with Crippen LogP contribution in [0.2, 0.25) is 0 Å². The highest BCUT2D eigenvalue weighted by Gasteiger charge is 2.10. The highest BCUT2D eigenvalue weighted by molar-refractivity contribution is 9.11. The minimum absolute atomic E-state index is 0.387. The minimum atomic E-state index is 0.387. The predicted molar refractivity (Wildman–Crippen MR) is 89.2 cm³/mol. The van der Waals surface area contributed by atoms with Crippen LogP contribution in [0.4, 0.5) is 0 Å². The fourth-order valence-electron chi connectivity index (χ4n) is 1.87. The molecule has 0 aliphatic rings. The van der Waals surface area contributed by atoms with Crippen molar-refractivity contribution in [1.29, 1.82) is 0 Å². The van der Waals surface area contributed by atoms with Crippen LogP contribution in [0.15, 0.2) is 27.3 Å². The Bertz CT molecular complexity index is 577. The van der Waals surface area contributed by atoms with Crippen molar-refractivity contribution in [2.45, 2.75) is 26.5 Å². The van der Waals surface area contributed by atoms with Crippen molar-refractivity contribution >= 4 is 31.9 Å². The molecule has 0 saturated heterocycles. The molecule has 0 radical (unpaired) electrons.